The Hall–Kier alpha value is -2.44. The first-order valence-electron chi connectivity index (χ1n) is 8.27. The lowest BCUT2D eigenvalue weighted by molar-refractivity contribution is -0.128. The molecule has 126 valence electrons. The average Bonchev–Trinajstić information content (AvgIpc) is 3.23. The topological polar surface area (TPSA) is 75.4 Å². The van der Waals surface area contributed by atoms with Gasteiger partial charge in [0.1, 0.15) is 11.6 Å². The zero-order valence-corrected chi connectivity index (χ0v) is 14.0. The molecule has 0 N–H and O–H groups in total. The van der Waals surface area contributed by atoms with Crippen LogP contribution in [0.5, 0.6) is 0 Å². The van der Waals surface area contributed by atoms with Crippen molar-refractivity contribution in [1.82, 2.24) is 20.0 Å². The lowest BCUT2D eigenvalue weighted by atomic mass is 9.86. The second-order valence-electron chi connectivity index (χ2n) is 6.96. The minimum Gasteiger partial charge on any atom is -0.361 e. The molecular weight excluding hydrogens is 306 g/mol. The van der Waals surface area contributed by atoms with E-state index in [1.807, 2.05) is 18.7 Å². The minimum absolute atomic E-state index is 0.0214. The van der Waals surface area contributed by atoms with Gasteiger partial charge in [-0.15, -0.1) is 0 Å². The van der Waals surface area contributed by atoms with Crippen LogP contribution in [0.1, 0.15) is 29.9 Å². The van der Waals surface area contributed by atoms with E-state index in [0.717, 1.165) is 48.9 Å². The molecule has 2 saturated heterocycles. The van der Waals surface area contributed by atoms with Gasteiger partial charge in [0.15, 0.2) is 0 Å². The first-order valence-corrected chi connectivity index (χ1v) is 8.27. The van der Waals surface area contributed by atoms with E-state index in [9.17, 15) is 4.79 Å². The van der Waals surface area contributed by atoms with Crippen molar-refractivity contribution in [3.63, 3.8) is 0 Å². The molecule has 0 saturated carbocycles. The maximum absolute atomic E-state index is 12.6. The highest BCUT2D eigenvalue weighted by Crippen LogP contribution is 2.41. The van der Waals surface area contributed by atoms with E-state index in [2.05, 4.69) is 20.0 Å². The Morgan fingerprint density at radius 3 is 2.88 bits per heavy atom. The summed E-state index contributed by atoms with van der Waals surface area (Å²) in [6.07, 6.45) is 6.79. The van der Waals surface area contributed by atoms with Crippen LogP contribution in [0.2, 0.25) is 0 Å². The van der Waals surface area contributed by atoms with Gasteiger partial charge < -0.3 is 14.3 Å². The third-order valence-electron chi connectivity index (χ3n) is 5.25. The van der Waals surface area contributed by atoms with Gasteiger partial charge in [0.05, 0.1) is 18.4 Å². The fourth-order valence-corrected chi connectivity index (χ4v) is 3.90. The van der Waals surface area contributed by atoms with Crippen LogP contribution in [0.3, 0.4) is 0 Å². The van der Waals surface area contributed by atoms with Crippen molar-refractivity contribution >= 4 is 11.7 Å². The van der Waals surface area contributed by atoms with E-state index in [4.69, 9.17) is 4.52 Å². The zero-order chi connectivity index (χ0) is 16.7. The summed E-state index contributed by atoms with van der Waals surface area (Å²) in [5.41, 5.74) is 1.92. The Balaban J connectivity index is 1.48. The molecule has 2 aliphatic heterocycles. The number of carbonyl (C=O) groups is 1. The van der Waals surface area contributed by atoms with Crippen LogP contribution in [0, 0.1) is 19.3 Å². The van der Waals surface area contributed by atoms with Gasteiger partial charge in [-0.3, -0.25) is 9.78 Å². The van der Waals surface area contributed by atoms with Crippen LogP contribution in [-0.4, -0.2) is 45.6 Å². The molecule has 1 amide bonds. The van der Waals surface area contributed by atoms with Crippen molar-refractivity contribution in [3.8, 4) is 0 Å². The molecule has 1 atom stereocenters. The second kappa shape index (κ2) is 5.58. The maximum atomic E-state index is 12.6. The summed E-state index contributed by atoms with van der Waals surface area (Å²) in [5, 5.41) is 3.99. The fourth-order valence-electron chi connectivity index (χ4n) is 3.90. The molecule has 0 aromatic carbocycles. The number of aromatic nitrogens is 3. The lowest BCUT2D eigenvalue weighted by Gasteiger charge is -2.24. The summed E-state index contributed by atoms with van der Waals surface area (Å²) in [5.74, 6) is 1.91. The molecule has 7 nitrogen and oxygen atoms in total. The van der Waals surface area contributed by atoms with Crippen molar-refractivity contribution < 1.29 is 9.32 Å². The molecule has 7 heteroatoms. The fraction of sp³-hybridized carbons (Fsp3) is 0.529. The standard InChI is InChI=1S/C17H21N5O2/c1-12-14(13(2)24-20-12)9-22-11-17(7-16(22)23)3-6-21(10-17)15-8-18-4-5-19-15/h4-5,8H,3,6-7,9-11H2,1-2H3/t17-/m0/s1. The highest BCUT2D eigenvalue weighted by Gasteiger charge is 2.47. The normalized spacial score (nSPS) is 23.7. The number of carbonyl (C=O) groups excluding carboxylic acids is 1. The molecule has 0 unspecified atom stereocenters. The largest absolute Gasteiger partial charge is 0.361 e. The molecule has 0 aliphatic carbocycles. The smallest absolute Gasteiger partial charge is 0.223 e. The predicted molar refractivity (Wildman–Crippen MR) is 87.3 cm³/mol. The zero-order valence-electron chi connectivity index (χ0n) is 14.0. The number of amides is 1. The van der Waals surface area contributed by atoms with E-state index < -0.39 is 0 Å². The monoisotopic (exact) mass is 327 g/mol. The number of hydrogen-bond donors (Lipinski definition) is 0. The maximum Gasteiger partial charge on any atom is 0.223 e. The van der Waals surface area contributed by atoms with Crippen LogP contribution in [0.15, 0.2) is 23.1 Å². The summed E-state index contributed by atoms with van der Waals surface area (Å²) in [4.78, 5) is 25.3. The van der Waals surface area contributed by atoms with Gasteiger partial charge in [-0.05, 0) is 20.3 Å². The van der Waals surface area contributed by atoms with E-state index in [0.29, 0.717) is 13.0 Å². The first-order chi connectivity index (χ1) is 11.6. The molecule has 2 fully saturated rings. The molecule has 4 rings (SSSR count). The summed E-state index contributed by atoms with van der Waals surface area (Å²) < 4.78 is 5.22. The molecular formula is C17H21N5O2. The molecule has 2 aromatic rings. The minimum atomic E-state index is 0.0214. The van der Waals surface area contributed by atoms with Gasteiger partial charge in [-0.25, -0.2) is 4.98 Å². The quantitative estimate of drug-likeness (QED) is 0.854. The SMILES string of the molecule is Cc1noc(C)c1CN1C[C@@]2(CCN(c3cnccn3)C2)CC1=O. The van der Waals surface area contributed by atoms with Gasteiger partial charge in [0.25, 0.3) is 0 Å². The predicted octanol–water partition coefficient (Wildman–Crippen LogP) is 1.71. The van der Waals surface area contributed by atoms with Gasteiger partial charge in [0, 0.05) is 49.4 Å². The highest BCUT2D eigenvalue weighted by atomic mass is 16.5. The molecule has 2 aromatic heterocycles. The Bertz CT molecular complexity index is 740. The summed E-state index contributed by atoms with van der Waals surface area (Å²) in [7, 11) is 0. The summed E-state index contributed by atoms with van der Waals surface area (Å²) >= 11 is 0. The Morgan fingerprint density at radius 1 is 1.29 bits per heavy atom. The lowest BCUT2D eigenvalue weighted by Crippen LogP contribution is -2.31. The van der Waals surface area contributed by atoms with E-state index in [1.165, 1.54) is 0 Å². The second-order valence-corrected chi connectivity index (χ2v) is 6.96. The number of hydrogen-bond acceptors (Lipinski definition) is 6. The number of aryl methyl sites for hydroxylation is 2. The van der Waals surface area contributed by atoms with Crippen LogP contribution in [0.25, 0.3) is 0 Å². The third kappa shape index (κ3) is 2.53. The van der Waals surface area contributed by atoms with Gasteiger partial charge in [-0.2, -0.15) is 0 Å². The molecule has 2 aliphatic rings. The number of nitrogens with zero attached hydrogens (tertiary/aromatic N) is 5. The highest BCUT2D eigenvalue weighted by molar-refractivity contribution is 5.80. The van der Waals surface area contributed by atoms with E-state index >= 15 is 0 Å². The number of likely N-dealkylation sites (tertiary alicyclic amines) is 1. The summed E-state index contributed by atoms with van der Waals surface area (Å²) in [6, 6.07) is 0. The Labute approximate surface area is 140 Å². The summed E-state index contributed by atoms with van der Waals surface area (Å²) in [6.45, 7) is 6.98. The third-order valence-corrected chi connectivity index (χ3v) is 5.25. The van der Waals surface area contributed by atoms with Crippen LogP contribution < -0.4 is 4.90 Å². The molecule has 4 heterocycles. The Morgan fingerprint density at radius 2 is 2.17 bits per heavy atom. The van der Waals surface area contributed by atoms with Gasteiger partial charge in [-0.1, -0.05) is 5.16 Å². The van der Waals surface area contributed by atoms with Crippen LogP contribution >= 0.6 is 0 Å². The number of rotatable bonds is 3. The number of anilines is 1. The molecule has 0 bridgehead atoms. The van der Waals surface area contributed by atoms with Gasteiger partial charge in [0.2, 0.25) is 5.91 Å². The van der Waals surface area contributed by atoms with Crippen molar-refractivity contribution in [2.45, 2.75) is 33.2 Å². The van der Waals surface area contributed by atoms with Crippen LogP contribution in [-0.2, 0) is 11.3 Å². The molecule has 0 radical (unpaired) electrons. The average molecular weight is 327 g/mol. The molecule has 24 heavy (non-hydrogen) atoms. The van der Waals surface area contributed by atoms with Crippen LogP contribution in [0.4, 0.5) is 5.82 Å². The Kier molecular flexibility index (Phi) is 3.51. The first kappa shape index (κ1) is 15.1. The van der Waals surface area contributed by atoms with E-state index in [-0.39, 0.29) is 11.3 Å². The van der Waals surface area contributed by atoms with Crippen molar-refractivity contribution in [2.75, 3.05) is 24.5 Å². The van der Waals surface area contributed by atoms with Gasteiger partial charge >= 0.3 is 0 Å². The van der Waals surface area contributed by atoms with E-state index in [1.54, 1.807) is 18.6 Å². The van der Waals surface area contributed by atoms with Crippen molar-refractivity contribution in [1.29, 1.82) is 0 Å². The molecule has 1 spiro atoms. The van der Waals surface area contributed by atoms with Crippen molar-refractivity contribution in [2.24, 2.45) is 5.41 Å². The van der Waals surface area contributed by atoms with Crippen molar-refractivity contribution in [3.05, 3.63) is 35.6 Å².